The average molecular weight is 574 g/mol. The Balaban J connectivity index is 1.35. The first-order valence-corrected chi connectivity index (χ1v) is 15.7. The SMILES string of the molecule is C=C1CC(c2cccc(C(F)(F)F)c2)C(C)N1Cc1nc(N2CCC2)ccc1-c1cc(C2CCCCC2)ccc1CC. The predicted octanol–water partition coefficient (Wildman–Crippen LogP) is 9.48. The number of hydrogen-bond donors (Lipinski definition) is 0. The average Bonchev–Trinajstić information content (AvgIpc) is 3.25. The van der Waals surface area contributed by atoms with Gasteiger partial charge in [0.1, 0.15) is 5.82 Å². The van der Waals surface area contributed by atoms with E-state index in [0.29, 0.717) is 18.9 Å². The van der Waals surface area contributed by atoms with Crippen LogP contribution >= 0.6 is 0 Å². The maximum absolute atomic E-state index is 13.5. The molecule has 0 N–H and O–H groups in total. The quantitative estimate of drug-likeness (QED) is 0.281. The van der Waals surface area contributed by atoms with Gasteiger partial charge in [-0.15, -0.1) is 0 Å². The van der Waals surface area contributed by atoms with Crippen molar-refractivity contribution in [3.8, 4) is 11.1 Å². The summed E-state index contributed by atoms with van der Waals surface area (Å²) in [5.74, 6) is 1.57. The van der Waals surface area contributed by atoms with Crippen molar-refractivity contribution in [1.82, 2.24) is 9.88 Å². The molecule has 3 fully saturated rings. The van der Waals surface area contributed by atoms with Crippen molar-refractivity contribution in [3.63, 3.8) is 0 Å². The summed E-state index contributed by atoms with van der Waals surface area (Å²) in [5, 5.41) is 0. The molecule has 2 saturated heterocycles. The number of alkyl halides is 3. The van der Waals surface area contributed by atoms with Gasteiger partial charge in [0.2, 0.25) is 0 Å². The first kappa shape index (κ1) is 28.8. The molecule has 3 aromatic rings. The lowest BCUT2D eigenvalue weighted by Crippen LogP contribution is -2.38. The number of allylic oxidation sites excluding steroid dienone is 1. The van der Waals surface area contributed by atoms with Crippen LogP contribution in [0.1, 0.15) is 98.6 Å². The molecule has 0 radical (unpaired) electrons. The predicted molar refractivity (Wildman–Crippen MR) is 165 cm³/mol. The minimum absolute atomic E-state index is 0.00233. The van der Waals surface area contributed by atoms with E-state index in [-0.39, 0.29) is 12.0 Å². The van der Waals surface area contributed by atoms with E-state index in [4.69, 9.17) is 4.98 Å². The third-order valence-corrected chi connectivity index (χ3v) is 9.92. The van der Waals surface area contributed by atoms with Crippen LogP contribution in [-0.2, 0) is 19.1 Å². The topological polar surface area (TPSA) is 19.4 Å². The van der Waals surface area contributed by atoms with E-state index in [1.165, 1.54) is 67.3 Å². The van der Waals surface area contributed by atoms with Crippen LogP contribution in [0.2, 0.25) is 0 Å². The number of aryl methyl sites for hydroxylation is 1. The monoisotopic (exact) mass is 573 g/mol. The number of anilines is 1. The number of benzene rings is 2. The lowest BCUT2D eigenvalue weighted by atomic mass is 9.82. The zero-order valence-electron chi connectivity index (χ0n) is 24.9. The van der Waals surface area contributed by atoms with Crippen LogP contribution < -0.4 is 4.90 Å². The molecule has 42 heavy (non-hydrogen) atoms. The summed E-state index contributed by atoms with van der Waals surface area (Å²) in [6, 6.07) is 17.3. The van der Waals surface area contributed by atoms with Gasteiger partial charge in [-0.2, -0.15) is 13.2 Å². The molecule has 2 unspecified atom stereocenters. The number of nitrogens with zero attached hydrogens (tertiary/aromatic N) is 3. The van der Waals surface area contributed by atoms with Gasteiger partial charge in [-0.25, -0.2) is 4.98 Å². The molecule has 0 bridgehead atoms. The Kier molecular flexibility index (Phi) is 8.08. The van der Waals surface area contributed by atoms with Crippen LogP contribution in [0.15, 0.2) is 66.9 Å². The summed E-state index contributed by atoms with van der Waals surface area (Å²) in [4.78, 5) is 9.85. The number of aromatic nitrogens is 1. The first-order chi connectivity index (χ1) is 20.2. The van der Waals surface area contributed by atoms with E-state index in [0.717, 1.165) is 53.9 Å². The molecule has 0 amide bonds. The zero-order chi connectivity index (χ0) is 29.4. The molecule has 0 spiro atoms. The highest BCUT2D eigenvalue weighted by molar-refractivity contribution is 5.72. The minimum Gasteiger partial charge on any atom is -0.366 e. The second-order valence-corrected chi connectivity index (χ2v) is 12.5. The van der Waals surface area contributed by atoms with Gasteiger partial charge in [0, 0.05) is 36.3 Å². The summed E-state index contributed by atoms with van der Waals surface area (Å²) >= 11 is 0. The number of rotatable bonds is 7. The van der Waals surface area contributed by atoms with E-state index in [2.05, 4.69) is 60.6 Å². The molecule has 3 aliphatic rings. The number of pyridine rings is 1. The Labute approximate surface area is 248 Å². The molecule has 222 valence electrons. The standard InChI is InChI=1S/C36H42F3N3/c1-4-26-14-15-28(27-10-6-5-7-11-27)22-33(26)31-16-17-35(41-18-9-19-41)40-34(31)23-42-24(2)20-32(25(42)3)29-12-8-13-30(21-29)36(37,38)39/h8,12-17,21-22,25,27,32H,2,4-7,9-11,18-20,23H2,1,3H3. The third kappa shape index (κ3) is 5.69. The normalized spacial score (nSPS) is 21.6. The van der Waals surface area contributed by atoms with E-state index in [1.54, 1.807) is 0 Å². The smallest absolute Gasteiger partial charge is 0.366 e. The molecule has 3 heterocycles. The molecule has 3 nitrogen and oxygen atoms in total. The van der Waals surface area contributed by atoms with Gasteiger partial charge in [-0.1, -0.05) is 69.2 Å². The maximum atomic E-state index is 13.5. The van der Waals surface area contributed by atoms with Gasteiger partial charge in [0.15, 0.2) is 0 Å². The molecule has 6 heteroatoms. The van der Waals surface area contributed by atoms with Crippen molar-refractivity contribution in [3.05, 3.63) is 94.8 Å². The van der Waals surface area contributed by atoms with Crippen LogP contribution in [0.5, 0.6) is 0 Å². The highest BCUT2D eigenvalue weighted by Gasteiger charge is 2.37. The highest BCUT2D eigenvalue weighted by Crippen LogP contribution is 2.43. The van der Waals surface area contributed by atoms with Crippen molar-refractivity contribution in [2.24, 2.45) is 0 Å². The largest absolute Gasteiger partial charge is 0.416 e. The van der Waals surface area contributed by atoms with Gasteiger partial charge in [0.05, 0.1) is 17.8 Å². The highest BCUT2D eigenvalue weighted by atomic mass is 19.4. The molecule has 2 atom stereocenters. The summed E-state index contributed by atoms with van der Waals surface area (Å²) in [7, 11) is 0. The van der Waals surface area contributed by atoms with Crippen LogP contribution in [-0.4, -0.2) is 29.0 Å². The minimum atomic E-state index is -4.35. The zero-order valence-corrected chi connectivity index (χ0v) is 24.9. The molecule has 1 aromatic heterocycles. The van der Waals surface area contributed by atoms with Crippen molar-refractivity contribution >= 4 is 5.82 Å². The Bertz CT molecular complexity index is 1440. The third-order valence-electron chi connectivity index (χ3n) is 9.92. The Morgan fingerprint density at radius 3 is 2.38 bits per heavy atom. The lowest BCUT2D eigenvalue weighted by molar-refractivity contribution is -0.137. The van der Waals surface area contributed by atoms with E-state index in [9.17, 15) is 13.2 Å². The number of hydrogen-bond acceptors (Lipinski definition) is 3. The second kappa shape index (κ2) is 11.8. The van der Waals surface area contributed by atoms with Gasteiger partial charge in [-0.3, -0.25) is 0 Å². The van der Waals surface area contributed by atoms with Crippen molar-refractivity contribution in [2.75, 3.05) is 18.0 Å². The van der Waals surface area contributed by atoms with Crippen molar-refractivity contribution in [1.29, 1.82) is 0 Å². The Morgan fingerprint density at radius 1 is 0.905 bits per heavy atom. The van der Waals surface area contributed by atoms with Crippen LogP contribution in [0.3, 0.4) is 0 Å². The Morgan fingerprint density at radius 2 is 1.69 bits per heavy atom. The van der Waals surface area contributed by atoms with Crippen molar-refractivity contribution in [2.45, 2.75) is 95.8 Å². The van der Waals surface area contributed by atoms with E-state index < -0.39 is 11.7 Å². The van der Waals surface area contributed by atoms with E-state index >= 15 is 0 Å². The lowest BCUT2D eigenvalue weighted by Gasteiger charge is -2.33. The number of likely N-dealkylation sites (tertiary alicyclic amines) is 1. The molecular formula is C36H42F3N3. The molecular weight excluding hydrogens is 531 g/mol. The molecule has 1 saturated carbocycles. The molecule has 2 aliphatic heterocycles. The fourth-order valence-electron chi connectivity index (χ4n) is 7.23. The van der Waals surface area contributed by atoms with Crippen LogP contribution in [0.25, 0.3) is 11.1 Å². The van der Waals surface area contributed by atoms with Gasteiger partial charge in [0.25, 0.3) is 0 Å². The summed E-state index contributed by atoms with van der Waals surface area (Å²) in [5.41, 5.74) is 7.30. The summed E-state index contributed by atoms with van der Waals surface area (Å²) in [6.07, 6.45) is 4.86. The number of halogens is 3. The van der Waals surface area contributed by atoms with E-state index in [1.807, 2.05) is 6.07 Å². The first-order valence-electron chi connectivity index (χ1n) is 15.7. The van der Waals surface area contributed by atoms with Gasteiger partial charge < -0.3 is 9.80 Å². The fourth-order valence-corrected chi connectivity index (χ4v) is 7.23. The maximum Gasteiger partial charge on any atom is 0.416 e. The van der Waals surface area contributed by atoms with Crippen LogP contribution in [0, 0.1) is 0 Å². The molecule has 6 rings (SSSR count). The fraction of sp³-hybridized carbons (Fsp3) is 0.472. The van der Waals surface area contributed by atoms with Gasteiger partial charge in [-0.05, 0) is 85.4 Å². The summed E-state index contributed by atoms with van der Waals surface area (Å²) in [6.45, 7) is 11.3. The van der Waals surface area contributed by atoms with Gasteiger partial charge >= 0.3 is 6.18 Å². The molecule has 2 aromatic carbocycles. The van der Waals surface area contributed by atoms with Crippen LogP contribution in [0.4, 0.5) is 19.0 Å². The summed E-state index contributed by atoms with van der Waals surface area (Å²) < 4.78 is 40.5. The van der Waals surface area contributed by atoms with Crippen molar-refractivity contribution < 1.29 is 13.2 Å². The second-order valence-electron chi connectivity index (χ2n) is 12.5. The molecule has 1 aliphatic carbocycles. The Hall–Kier alpha value is -3.28.